The Kier molecular flexibility index (Phi) is 5.46. The molecule has 106 valence electrons. The van der Waals surface area contributed by atoms with E-state index in [1.54, 1.807) is 0 Å². The van der Waals surface area contributed by atoms with E-state index in [2.05, 4.69) is 0 Å². The van der Waals surface area contributed by atoms with Gasteiger partial charge in [0.2, 0.25) is 5.91 Å². The summed E-state index contributed by atoms with van der Waals surface area (Å²) in [6, 6.07) is 5.58. The Morgan fingerprint density at radius 1 is 1.42 bits per heavy atom. The van der Waals surface area contributed by atoms with Crippen molar-refractivity contribution in [3.05, 3.63) is 29.8 Å². The number of nitrogens with two attached hydrogens (primary N) is 1. The van der Waals surface area contributed by atoms with Gasteiger partial charge < -0.3 is 5.73 Å². The lowest BCUT2D eigenvalue weighted by Crippen LogP contribution is -2.31. The molecule has 0 unspecified atom stereocenters. The molecule has 0 aliphatic carbocycles. The monoisotopic (exact) mass is 286 g/mol. The van der Waals surface area contributed by atoms with Crippen LogP contribution in [0.2, 0.25) is 0 Å². The zero-order valence-electron chi connectivity index (χ0n) is 11.0. The van der Waals surface area contributed by atoms with Crippen LogP contribution in [-0.4, -0.2) is 32.4 Å². The Bertz CT molecular complexity index is 542. The number of rotatable bonds is 7. The van der Waals surface area contributed by atoms with Gasteiger partial charge in [0, 0.05) is 12.1 Å². The first-order valence-electron chi connectivity index (χ1n) is 5.90. The number of amides is 1. The van der Waals surface area contributed by atoms with Crippen LogP contribution in [0.4, 0.5) is 0 Å². The van der Waals surface area contributed by atoms with Crippen LogP contribution in [0.25, 0.3) is 0 Å². The smallest absolute Gasteiger partial charge is 0.265 e. The second-order valence-corrected chi connectivity index (χ2v) is 5.79. The molecule has 2 N–H and O–H groups in total. The molecule has 0 fully saturated rings. The van der Waals surface area contributed by atoms with Gasteiger partial charge in [0.1, 0.15) is 0 Å². The molecule has 7 heteroatoms. The van der Waals surface area contributed by atoms with Crippen molar-refractivity contribution in [3.8, 4) is 0 Å². The van der Waals surface area contributed by atoms with E-state index in [0.29, 0.717) is 6.42 Å². The van der Waals surface area contributed by atoms with E-state index >= 15 is 0 Å². The number of primary amides is 1. The van der Waals surface area contributed by atoms with Crippen molar-refractivity contribution in [1.82, 2.24) is 4.47 Å². The van der Waals surface area contributed by atoms with Crippen molar-refractivity contribution in [1.29, 1.82) is 0 Å². The third-order valence-electron chi connectivity index (χ3n) is 2.58. The van der Waals surface area contributed by atoms with E-state index in [0.717, 1.165) is 10.9 Å². The topological polar surface area (TPSA) is 89.7 Å². The molecule has 19 heavy (non-hydrogen) atoms. The van der Waals surface area contributed by atoms with Crippen molar-refractivity contribution in [2.75, 3.05) is 13.7 Å². The normalized spacial score (nSPS) is 11.7. The Morgan fingerprint density at radius 3 is 2.63 bits per heavy atom. The fraction of sp³-hybridized carbons (Fsp3) is 0.417. The highest BCUT2D eigenvalue weighted by atomic mass is 32.2. The molecule has 6 nitrogen and oxygen atoms in total. The number of benzene rings is 1. The molecule has 0 spiro atoms. The number of nitrogens with zero attached hydrogens (tertiary/aromatic N) is 1. The Balaban J connectivity index is 3.11. The highest BCUT2D eigenvalue weighted by Crippen LogP contribution is 2.17. The Hall–Kier alpha value is -1.44. The summed E-state index contributed by atoms with van der Waals surface area (Å²) >= 11 is 0. The van der Waals surface area contributed by atoms with E-state index < -0.39 is 15.9 Å². The van der Waals surface area contributed by atoms with Gasteiger partial charge in [-0.1, -0.05) is 23.9 Å². The van der Waals surface area contributed by atoms with E-state index in [1.165, 1.54) is 31.4 Å². The second kappa shape index (κ2) is 6.65. The molecule has 0 saturated heterocycles. The van der Waals surface area contributed by atoms with E-state index in [9.17, 15) is 13.2 Å². The predicted octanol–water partition coefficient (Wildman–Crippen LogP) is 1.14. The number of hydroxylamine groups is 1. The van der Waals surface area contributed by atoms with Crippen molar-refractivity contribution < 1.29 is 18.0 Å². The lowest BCUT2D eigenvalue weighted by Gasteiger charge is -2.19. The molecule has 0 aliphatic heterocycles. The molecule has 1 rings (SSSR count). The van der Waals surface area contributed by atoms with Crippen molar-refractivity contribution in [2.45, 2.75) is 24.7 Å². The SMILES string of the molecule is CCCCN(OC)S(=O)(=O)c1cccc(C(N)=O)c1. The first kappa shape index (κ1) is 15.6. The highest BCUT2D eigenvalue weighted by molar-refractivity contribution is 7.89. The third-order valence-corrected chi connectivity index (χ3v) is 4.30. The quantitative estimate of drug-likeness (QED) is 0.761. The maximum Gasteiger partial charge on any atom is 0.265 e. The molecule has 0 bridgehead atoms. The first-order chi connectivity index (χ1) is 8.93. The van der Waals surface area contributed by atoms with Gasteiger partial charge in [0.25, 0.3) is 10.0 Å². The summed E-state index contributed by atoms with van der Waals surface area (Å²) in [6.07, 6.45) is 1.53. The van der Waals surface area contributed by atoms with Gasteiger partial charge in [-0.15, -0.1) is 0 Å². The second-order valence-electron chi connectivity index (χ2n) is 3.96. The molecule has 0 heterocycles. The average Bonchev–Trinajstić information content (AvgIpc) is 2.39. The number of carbonyl (C=O) groups excluding carboxylic acids is 1. The van der Waals surface area contributed by atoms with Gasteiger partial charge in [-0.2, -0.15) is 0 Å². The van der Waals surface area contributed by atoms with Crippen LogP contribution in [0.5, 0.6) is 0 Å². The maximum atomic E-state index is 12.3. The average molecular weight is 286 g/mol. The standard InChI is InChI=1S/C12H18N2O4S/c1-3-4-8-14(18-2)19(16,17)11-7-5-6-10(9-11)12(13)15/h5-7,9H,3-4,8H2,1-2H3,(H2,13,15). The molecule has 1 amide bonds. The molecular weight excluding hydrogens is 268 g/mol. The summed E-state index contributed by atoms with van der Waals surface area (Å²) in [7, 11) is -2.48. The Labute approximate surface area is 113 Å². The van der Waals surface area contributed by atoms with Gasteiger partial charge >= 0.3 is 0 Å². The van der Waals surface area contributed by atoms with Crippen LogP contribution in [0, 0.1) is 0 Å². The summed E-state index contributed by atoms with van der Waals surface area (Å²) in [6.45, 7) is 2.21. The summed E-state index contributed by atoms with van der Waals surface area (Å²) < 4.78 is 25.5. The van der Waals surface area contributed by atoms with Crippen LogP contribution >= 0.6 is 0 Å². The van der Waals surface area contributed by atoms with Crippen molar-refractivity contribution in [2.24, 2.45) is 5.73 Å². The van der Waals surface area contributed by atoms with E-state index in [4.69, 9.17) is 10.6 Å². The molecule has 0 aromatic heterocycles. The van der Waals surface area contributed by atoms with Crippen LogP contribution in [0.3, 0.4) is 0 Å². The molecule has 1 aromatic rings. The first-order valence-corrected chi connectivity index (χ1v) is 7.34. The number of unbranched alkanes of at least 4 members (excludes halogenated alkanes) is 1. The summed E-state index contributed by atoms with van der Waals surface area (Å²) in [5, 5.41) is 0. The minimum atomic E-state index is -3.78. The summed E-state index contributed by atoms with van der Waals surface area (Å²) in [5.41, 5.74) is 5.28. The molecule has 0 radical (unpaired) electrons. The number of hydrogen-bond donors (Lipinski definition) is 1. The Morgan fingerprint density at radius 2 is 2.11 bits per heavy atom. The van der Waals surface area contributed by atoms with Gasteiger partial charge in [0.15, 0.2) is 0 Å². The minimum Gasteiger partial charge on any atom is -0.366 e. The van der Waals surface area contributed by atoms with Crippen molar-refractivity contribution in [3.63, 3.8) is 0 Å². The zero-order valence-corrected chi connectivity index (χ0v) is 11.8. The van der Waals surface area contributed by atoms with Gasteiger partial charge in [0.05, 0.1) is 12.0 Å². The highest BCUT2D eigenvalue weighted by Gasteiger charge is 2.24. The minimum absolute atomic E-state index is 0.0123. The number of hydrogen-bond acceptors (Lipinski definition) is 4. The van der Waals surface area contributed by atoms with Gasteiger partial charge in [-0.25, -0.2) is 8.42 Å². The van der Waals surface area contributed by atoms with Gasteiger partial charge in [-0.3, -0.25) is 9.63 Å². The molecular formula is C12H18N2O4S. The van der Waals surface area contributed by atoms with E-state index in [-0.39, 0.29) is 17.0 Å². The number of sulfonamides is 1. The van der Waals surface area contributed by atoms with E-state index in [1.807, 2.05) is 6.92 Å². The molecule has 1 aromatic carbocycles. The molecule has 0 atom stereocenters. The largest absolute Gasteiger partial charge is 0.366 e. The van der Waals surface area contributed by atoms with Crippen LogP contribution in [0.15, 0.2) is 29.2 Å². The molecule has 0 saturated carbocycles. The lowest BCUT2D eigenvalue weighted by molar-refractivity contribution is -0.0491. The van der Waals surface area contributed by atoms with Crippen molar-refractivity contribution >= 4 is 15.9 Å². The van der Waals surface area contributed by atoms with Gasteiger partial charge in [-0.05, 0) is 24.6 Å². The zero-order chi connectivity index (χ0) is 14.5. The van der Waals surface area contributed by atoms with Crippen LogP contribution in [-0.2, 0) is 14.9 Å². The maximum absolute atomic E-state index is 12.3. The van der Waals surface area contributed by atoms with Crippen LogP contribution in [0.1, 0.15) is 30.1 Å². The molecule has 0 aliphatic rings. The summed E-state index contributed by atoms with van der Waals surface area (Å²) in [5.74, 6) is -0.672. The fourth-order valence-corrected chi connectivity index (χ4v) is 2.85. The third kappa shape index (κ3) is 3.76. The number of carbonyl (C=O) groups is 1. The summed E-state index contributed by atoms with van der Waals surface area (Å²) in [4.78, 5) is 16.0. The predicted molar refractivity (Wildman–Crippen MR) is 70.8 cm³/mol. The van der Waals surface area contributed by atoms with Crippen LogP contribution < -0.4 is 5.73 Å². The lowest BCUT2D eigenvalue weighted by atomic mass is 10.2. The fourth-order valence-electron chi connectivity index (χ4n) is 1.52.